The molecule has 0 spiro atoms. The van der Waals surface area contributed by atoms with Gasteiger partial charge in [0.25, 0.3) is 0 Å². The summed E-state index contributed by atoms with van der Waals surface area (Å²) < 4.78 is 0. The quantitative estimate of drug-likeness (QED) is 0.733. The van der Waals surface area contributed by atoms with Gasteiger partial charge in [0, 0.05) is 12.0 Å². The maximum Gasteiger partial charge on any atom is 0.00775 e. The lowest BCUT2D eigenvalue weighted by Crippen LogP contribution is -2.37. The van der Waals surface area contributed by atoms with Gasteiger partial charge in [0.2, 0.25) is 0 Å². The molecule has 1 aromatic carbocycles. The van der Waals surface area contributed by atoms with E-state index >= 15 is 0 Å². The topological polar surface area (TPSA) is 3.24 Å². The molecule has 16 heavy (non-hydrogen) atoms. The Morgan fingerprint density at radius 2 is 1.94 bits per heavy atom. The minimum Gasteiger partial charge on any atom is -0.305 e. The van der Waals surface area contributed by atoms with Crippen LogP contribution in [0.25, 0.3) is 0 Å². The molecule has 1 aliphatic rings. The molecular weight excluding hydrogens is 194 g/mol. The van der Waals surface area contributed by atoms with Crippen molar-refractivity contribution in [3.8, 4) is 0 Å². The Hall–Kier alpha value is -0.820. The molecule has 0 saturated carbocycles. The standard InChI is InChI=1S/C15H23N/c1-3-15(14-9-5-4-6-10-14)11-7-8-12-16(2)13-15/h4-6,9-10H,3,7-8,11-13H2,1-2H3. The zero-order valence-electron chi connectivity index (χ0n) is 10.6. The van der Waals surface area contributed by atoms with E-state index in [-0.39, 0.29) is 0 Å². The lowest BCUT2D eigenvalue weighted by atomic mass is 9.74. The van der Waals surface area contributed by atoms with E-state index in [1.54, 1.807) is 0 Å². The second kappa shape index (κ2) is 5.01. The number of likely N-dealkylation sites (N-methyl/N-ethyl adjacent to an activating group) is 1. The van der Waals surface area contributed by atoms with Gasteiger partial charge < -0.3 is 4.90 Å². The van der Waals surface area contributed by atoms with Crippen LogP contribution in [0, 0.1) is 0 Å². The third kappa shape index (κ3) is 2.30. The van der Waals surface area contributed by atoms with E-state index in [2.05, 4.69) is 49.2 Å². The SMILES string of the molecule is CCC1(c2ccccc2)CCCCN(C)C1. The maximum atomic E-state index is 2.50. The summed E-state index contributed by atoms with van der Waals surface area (Å²) in [5.41, 5.74) is 1.93. The molecule has 0 radical (unpaired) electrons. The Balaban J connectivity index is 2.30. The van der Waals surface area contributed by atoms with Crippen LogP contribution < -0.4 is 0 Å². The summed E-state index contributed by atoms with van der Waals surface area (Å²) in [6.45, 7) is 4.81. The van der Waals surface area contributed by atoms with Crippen LogP contribution in [0.2, 0.25) is 0 Å². The van der Waals surface area contributed by atoms with Crippen molar-refractivity contribution in [3.63, 3.8) is 0 Å². The predicted molar refractivity (Wildman–Crippen MR) is 69.8 cm³/mol. The third-order valence-corrected chi connectivity index (χ3v) is 4.08. The second-order valence-corrected chi connectivity index (χ2v) is 5.19. The highest BCUT2D eigenvalue weighted by molar-refractivity contribution is 5.26. The molecule has 0 aromatic heterocycles. The van der Waals surface area contributed by atoms with Crippen LogP contribution in [0.4, 0.5) is 0 Å². The molecule has 1 aliphatic heterocycles. The van der Waals surface area contributed by atoms with Gasteiger partial charge in [-0.05, 0) is 38.4 Å². The van der Waals surface area contributed by atoms with Crippen LogP contribution in [-0.2, 0) is 5.41 Å². The van der Waals surface area contributed by atoms with Crippen molar-refractivity contribution < 1.29 is 0 Å². The summed E-state index contributed by atoms with van der Waals surface area (Å²) in [6, 6.07) is 11.1. The fourth-order valence-electron chi connectivity index (χ4n) is 3.04. The molecule has 0 amide bonds. The Kier molecular flexibility index (Phi) is 3.65. The van der Waals surface area contributed by atoms with Crippen molar-refractivity contribution in [1.82, 2.24) is 4.90 Å². The monoisotopic (exact) mass is 217 g/mol. The number of benzene rings is 1. The summed E-state index contributed by atoms with van der Waals surface area (Å²) >= 11 is 0. The minimum absolute atomic E-state index is 0.395. The van der Waals surface area contributed by atoms with Crippen LogP contribution in [0.5, 0.6) is 0 Å². The van der Waals surface area contributed by atoms with E-state index in [0.29, 0.717) is 5.41 Å². The number of hydrogen-bond donors (Lipinski definition) is 0. The molecule has 1 atom stereocenters. The third-order valence-electron chi connectivity index (χ3n) is 4.08. The first-order chi connectivity index (χ1) is 7.77. The molecule has 2 rings (SSSR count). The molecule has 1 saturated heterocycles. The molecular formula is C15H23N. The molecule has 88 valence electrons. The highest BCUT2D eigenvalue weighted by Gasteiger charge is 2.32. The molecule has 1 fully saturated rings. The number of rotatable bonds is 2. The Morgan fingerprint density at radius 3 is 2.62 bits per heavy atom. The minimum atomic E-state index is 0.395. The van der Waals surface area contributed by atoms with E-state index in [9.17, 15) is 0 Å². The number of hydrogen-bond acceptors (Lipinski definition) is 1. The highest BCUT2D eigenvalue weighted by atomic mass is 15.1. The van der Waals surface area contributed by atoms with Gasteiger partial charge in [-0.2, -0.15) is 0 Å². The molecule has 0 aliphatic carbocycles. The highest BCUT2D eigenvalue weighted by Crippen LogP contribution is 2.35. The van der Waals surface area contributed by atoms with E-state index in [1.807, 2.05) is 0 Å². The number of likely N-dealkylation sites (tertiary alicyclic amines) is 1. The molecule has 0 N–H and O–H groups in total. The number of nitrogens with zero attached hydrogens (tertiary/aromatic N) is 1. The van der Waals surface area contributed by atoms with Gasteiger partial charge in [0.1, 0.15) is 0 Å². The molecule has 0 bridgehead atoms. The Morgan fingerprint density at radius 1 is 1.19 bits per heavy atom. The normalized spacial score (nSPS) is 27.6. The van der Waals surface area contributed by atoms with Crippen LogP contribution in [0.3, 0.4) is 0 Å². The van der Waals surface area contributed by atoms with Gasteiger partial charge in [-0.15, -0.1) is 0 Å². The van der Waals surface area contributed by atoms with Crippen molar-refractivity contribution in [2.24, 2.45) is 0 Å². The summed E-state index contributed by atoms with van der Waals surface area (Å²) in [4.78, 5) is 2.50. The summed E-state index contributed by atoms with van der Waals surface area (Å²) in [5, 5.41) is 0. The first-order valence-electron chi connectivity index (χ1n) is 6.51. The fourth-order valence-corrected chi connectivity index (χ4v) is 3.04. The average Bonchev–Trinajstić information content (AvgIpc) is 2.53. The Labute approximate surface area is 99.5 Å². The van der Waals surface area contributed by atoms with Gasteiger partial charge in [-0.25, -0.2) is 0 Å². The smallest absolute Gasteiger partial charge is 0.00775 e. The largest absolute Gasteiger partial charge is 0.305 e. The summed E-state index contributed by atoms with van der Waals surface area (Å²) in [7, 11) is 2.26. The van der Waals surface area contributed by atoms with Gasteiger partial charge in [0.15, 0.2) is 0 Å². The summed E-state index contributed by atoms with van der Waals surface area (Å²) in [5.74, 6) is 0. The lowest BCUT2D eigenvalue weighted by molar-refractivity contribution is 0.256. The Bertz CT molecular complexity index is 319. The van der Waals surface area contributed by atoms with Crippen molar-refractivity contribution in [1.29, 1.82) is 0 Å². The van der Waals surface area contributed by atoms with E-state index in [1.165, 1.54) is 44.3 Å². The van der Waals surface area contributed by atoms with Gasteiger partial charge in [-0.1, -0.05) is 43.7 Å². The zero-order chi connectivity index (χ0) is 11.4. The maximum absolute atomic E-state index is 2.50. The van der Waals surface area contributed by atoms with Crippen molar-refractivity contribution in [2.45, 2.75) is 38.0 Å². The molecule has 1 nitrogen and oxygen atoms in total. The van der Waals surface area contributed by atoms with Crippen LogP contribution in [0.1, 0.15) is 38.2 Å². The average molecular weight is 217 g/mol. The molecule has 1 heterocycles. The fraction of sp³-hybridized carbons (Fsp3) is 0.600. The van der Waals surface area contributed by atoms with Gasteiger partial charge in [-0.3, -0.25) is 0 Å². The van der Waals surface area contributed by atoms with Gasteiger partial charge in [0.05, 0.1) is 0 Å². The van der Waals surface area contributed by atoms with Crippen molar-refractivity contribution in [3.05, 3.63) is 35.9 Å². The van der Waals surface area contributed by atoms with Crippen LogP contribution in [-0.4, -0.2) is 25.0 Å². The van der Waals surface area contributed by atoms with Gasteiger partial charge >= 0.3 is 0 Å². The van der Waals surface area contributed by atoms with Crippen LogP contribution in [0.15, 0.2) is 30.3 Å². The molecule has 1 aromatic rings. The summed E-state index contributed by atoms with van der Waals surface area (Å²) in [6.07, 6.45) is 5.32. The molecule has 1 unspecified atom stereocenters. The molecule has 1 heteroatoms. The second-order valence-electron chi connectivity index (χ2n) is 5.19. The first-order valence-corrected chi connectivity index (χ1v) is 6.51. The van der Waals surface area contributed by atoms with E-state index < -0.39 is 0 Å². The zero-order valence-corrected chi connectivity index (χ0v) is 10.6. The predicted octanol–water partition coefficient (Wildman–Crippen LogP) is 3.45. The van der Waals surface area contributed by atoms with Crippen molar-refractivity contribution >= 4 is 0 Å². The van der Waals surface area contributed by atoms with Crippen LogP contribution >= 0.6 is 0 Å². The van der Waals surface area contributed by atoms with Crippen molar-refractivity contribution in [2.75, 3.05) is 20.1 Å². The lowest BCUT2D eigenvalue weighted by Gasteiger charge is -2.35. The van der Waals surface area contributed by atoms with E-state index in [4.69, 9.17) is 0 Å². The van der Waals surface area contributed by atoms with E-state index in [0.717, 1.165) is 0 Å². The first kappa shape index (κ1) is 11.7.